The number of hydrogen-bond acceptors (Lipinski definition) is 6. The van der Waals surface area contributed by atoms with E-state index in [2.05, 4.69) is 10.3 Å². The lowest BCUT2D eigenvalue weighted by atomic mass is 10.1. The molecule has 0 fully saturated rings. The zero-order valence-corrected chi connectivity index (χ0v) is 20.6. The summed E-state index contributed by atoms with van der Waals surface area (Å²) in [4.78, 5) is 30.9. The van der Waals surface area contributed by atoms with Crippen molar-refractivity contribution in [1.82, 2.24) is 9.88 Å². The SMILES string of the molecule is COc1ccc(CN(Cc2cc3cc4c(cc3[nH]c2=O)OCCO4)C(=O)Nc2ccc(OC)cc2)cc1. The number of anilines is 1. The van der Waals surface area contributed by atoms with Crippen LogP contribution in [0.2, 0.25) is 0 Å². The Morgan fingerprint density at radius 3 is 2.16 bits per heavy atom. The molecule has 0 bridgehead atoms. The Kier molecular flexibility index (Phi) is 6.85. The van der Waals surface area contributed by atoms with E-state index >= 15 is 0 Å². The van der Waals surface area contributed by atoms with Gasteiger partial charge in [0.05, 0.1) is 26.3 Å². The second kappa shape index (κ2) is 10.5. The Bertz CT molecular complexity index is 1460. The van der Waals surface area contributed by atoms with E-state index in [-0.39, 0.29) is 24.7 Å². The largest absolute Gasteiger partial charge is 0.497 e. The van der Waals surface area contributed by atoms with Gasteiger partial charge in [-0.1, -0.05) is 12.1 Å². The number of carbonyl (C=O) groups is 1. The standard InChI is InChI=1S/C28H27N3O6/c1-34-22-7-3-18(4-8-22)16-31(28(33)29-21-5-9-23(35-2)10-6-21)17-20-13-19-14-25-26(37-12-11-36-25)15-24(19)30-27(20)32/h3-10,13-15H,11-12,16-17H2,1-2H3,(H,29,33)(H,30,32). The number of pyridine rings is 1. The molecule has 37 heavy (non-hydrogen) atoms. The van der Waals surface area contributed by atoms with E-state index in [1.807, 2.05) is 30.3 Å². The number of aromatic nitrogens is 1. The van der Waals surface area contributed by atoms with E-state index < -0.39 is 0 Å². The number of nitrogens with one attached hydrogen (secondary N) is 2. The van der Waals surface area contributed by atoms with Crippen molar-refractivity contribution in [3.8, 4) is 23.0 Å². The van der Waals surface area contributed by atoms with Crippen molar-refractivity contribution in [1.29, 1.82) is 0 Å². The van der Waals surface area contributed by atoms with Gasteiger partial charge in [-0.25, -0.2) is 4.79 Å². The number of aromatic amines is 1. The molecule has 2 heterocycles. The Morgan fingerprint density at radius 2 is 1.51 bits per heavy atom. The van der Waals surface area contributed by atoms with Crippen molar-refractivity contribution in [2.24, 2.45) is 0 Å². The van der Waals surface area contributed by atoms with Crippen molar-refractivity contribution in [2.45, 2.75) is 13.1 Å². The number of nitrogens with zero attached hydrogens (tertiary/aromatic N) is 1. The minimum absolute atomic E-state index is 0.0910. The van der Waals surface area contributed by atoms with Crippen LogP contribution in [-0.4, -0.2) is 43.3 Å². The van der Waals surface area contributed by atoms with Crippen LogP contribution in [0.4, 0.5) is 10.5 Å². The number of H-pyrrole nitrogens is 1. The number of ether oxygens (including phenoxy) is 4. The predicted molar refractivity (Wildman–Crippen MR) is 140 cm³/mol. The average molecular weight is 502 g/mol. The molecule has 190 valence electrons. The summed E-state index contributed by atoms with van der Waals surface area (Å²) in [6, 6.07) is 19.6. The molecule has 1 aromatic heterocycles. The molecule has 1 aliphatic rings. The third-order valence-corrected chi connectivity index (χ3v) is 6.11. The number of urea groups is 1. The first kappa shape index (κ1) is 24.1. The molecule has 5 rings (SSSR count). The van der Waals surface area contributed by atoms with E-state index in [1.165, 1.54) is 0 Å². The van der Waals surface area contributed by atoms with Crippen LogP contribution in [-0.2, 0) is 13.1 Å². The number of amides is 2. The molecular weight excluding hydrogens is 474 g/mol. The van der Waals surface area contributed by atoms with Gasteiger partial charge in [-0.3, -0.25) is 4.79 Å². The van der Waals surface area contributed by atoms with Gasteiger partial charge in [0.1, 0.15) is 24.7 Å². The molecule has 0 spiro atoms. The number of fused-ring (bicyclic) bond motifs is 2. The van der Waals surface area contributed by atoms with E-state index in [0.717, 1.165) is 16.7 Å². The van der Waals surface area contributed by atoms with Crippen molar-refractivity contribution in [3.05, 3.63) is 88.2 Å². The van der Waals surface area contributed by atoms with Crippen LogP contribution in [0.15, 0.2) is 71.5 Å². The highest BCUT2D eigenvalue weighted by Gasteiger charge is 2.19. The zero-order chi connectivity index (χ0) is 25.8. The van der Waals surface area contributed by atoms with Crippen molar-refractivity contribution < 1.29 is 23.7 Å². The number of benzene rings is 3. The van der Waals surface area contributed by atoms with Crippen LogP contribution >= 0.6 is 0 Å². The Hall–Kier alpha value is -4.66. The minimum atomic E-state index is -0.345. The summed E-state index contributed by atoms with van der Waals surface area (Å²) < 4.78 is 21.8. The van der Waals surface area contributed by atoms with Crippen molar-refractivity contribution >= 4 is 22.6 Å². The summed E-state index contributed by atoms with van der Waals surface area (Å²) in [6.07, 6.45) is 0. The molecule has 3 aromatic carbocycles. The molecule has 2 N–H and O–H groups in total. The maximum absolute atomic E-state index is 13.4. The maximum atomic E-state index is 13.4. The number of methoxy groups -OCH3 is 2. The molecule has 2 amide bonds. The van der Waals surface area contributed by atoms with Gasteiger partial charge in [-0.05, 0) is 54.1 Å². The Labute approximate surface area is 213 Å². The van der Waals surface area contributed by atoms with E-state index in [4.69, 9.17) is 18.9 Å². The lowest BCUT2D eigenvalue weighted by Crippen LogP contribution is -2.35. The van der Waals surface area contributed by atoms with E-state index in [1.54, 1.807) is 55.5 Å². The summed E-state index contributed by atoms with van der Waals surface area (Å²) in [5.41, 5.74) is 2.32. The van der Waals surface area contributed by atoms with Gasteiger partial charge >= 0.3 is 6.03 Å². The van der Waals surface area contributed by atoms with Gasteiger partial charge in [0.15, 0.2) is 11.5 Å². The van der Waals surface area contributed by atoms with Gasteiger partial charge < -0.3 is 34.1 Å². The molecule has 0 saturated heterocycles. The first-order valence-corrected chi connectivity index (χ1v) is 11.8. The fraction of sp³-hybridized carbons (Fsp3) is 0.214. The second-order valence-corrected chi connectivity index (χ2v) is 8.57. The molecule has 0 unspecified atom stereocenters. The Balaban J connectivity index is 1.44. The molecule has 9 nitrogen and oxygen atoms in total. The smallest absolute Gasteiger partial charge is 0.322 e. The summed E-state index contributed by atoms with van der Waals surface area (Å²) in [6.45, 7) is 1.30. The fourth-order valence-electron chi connectivity index (χ4n) is 4.14. The molecule has 0 atom stereocenters. The summed E-state index contributed by atoms with van der Waals surface area (Å²) in [7, 11) is 3.18. The highest BCUT2D eigenvalue weighted by atomic mass is 16.6. The summed E-state index contributed by atoms with van der Waals surface area (Å²) in [5, 5.41) is 3.70. The lowest BCUT2D eigenvalue weighted by Gasteiger charge is -2.24. The van der Waals surface area contributed by atoms with Crippen LogP contribution in [0.5, 0.6) is 23.0 Å². The van der Waals surface area contributed by atoms with Crippen LogP contribution in [0, 0.1) is 0 Å². The quantitative estimate of drug-likeness (QED) is 0.385. The van der Waals surface area contributed by atoms with Gasteiger partial charge in [0, 0.05) is 29.2 Å². The third kappa shape index (κ3) is 5.45. The minimum Gasteiger partial charge on any atom is -0.497 e. The molecule has 0 saturated carbocycles. The predicted octanol–water partition coefficient (Wildman–Crippen LogP) is 4.55. The van der Waals surface area contributed by atoms with Gasteiger partial charge in [0.2, 0.25) is 0 Å². The van der Waals surface area contributed by atoms with Crippen molar-refractivity contribution in [2.75, 3.05) is 32.8 Å². The number of hydrogen-bond donors (Lipinski definition) is 2. The van der Waals surface area contributed by atoms with Gasteiger partial charge in [-0.2, -0.15) is 0 Å². The summed E-state index contributed by atoms with van der Waals surface area (Å²) in [5.74, 6) is 2.64. The average Bonchev–Trinajstić information content (AvgIpc) is 2.92. The molecule has 4 aromatic rings. The fourth-order valence-corrected chi connectivity index (χ4v) is 4.14. The highest BCUT2D eigenvalue weighted by Crippen LogP contribution is 2.33. The lowest BCUT2D eigenvalue weighted by molar-refractivity contribution is 0.172. The highest BCUT2D eigenvalue weighted by molar-refractivity contribution is 5.89. The van der Waals surface area contributed by atoms with Gasteiger partial charge in [-0.15, -0.1) is 0 Å². The Morgan fingerprint density at radius 1 is 0.892 bits per heavy atom. The summed E-state index contributed by atoms with van der Waals surface area (Å²) >= 11 is 0. The number of carbonyl (C=O) groups excluding carboxylic acids is 1. The van der Waals surface area contributed by atoms with Crippen LogP contribution in [0.25, 0.3) is 10.9 Å². The van der Waals surface area contributed by atoms with Crippen molar-refractivity contribution in [3.63, 3.8) is 0 Å². The third-order valence-electron chi connectivity index (χ3n) is 6.11. The molecular formula is C28H27N3O6. The first-order chi connectivity index (χ1) is 18.0. The second-order valence-electron chi connectivity index (χ2n) is 8.57. The maximum Gasteiger partial charge on any atom is 0.322 e. The molecule has 0 aliphatic carbocycles. The van der Waals surface area contributed by atoms with Gasteiger partial charge in [0.25, 0.3) is 5.56 Å². The molecule has 9 heteroatoms. The van der Waals surface area contributed by atoms with E-state index in [9.17, 15) is 9.59 Å². The van der Waals surface area contributed by atoms with Crippen LogP contribution < -0.4 is 29.8 Å². The monoisotopic (exact) mass is 501 g/mol. The van der Waals surface area contributed by atoms with Crippen LogP contribution in [0.1, 0.15) is 11.1 Å². The normalized spacial score (nSPS) is 12.2. The zero-order valence-electron chi connectivity index (χ0n) is 20.6. The molecule has 1 aliphatic heterocycles. The van der Waals surface area contributed by atoms with E-state index in [0.29, 0.717) is 47.2 Å². The van der Waals surface area contributed by atoms with Crippen LogP contribution in [0.3, 0.4) is 0 Å². The topological polar surface area (TPSA) is 102 Å². The molecule has 0 radical (unpaired) electrons. The first-order valence-electron chi connectivity index (χ1n) is 11.8. The number of rotatable bonds is 7.